The summed E-state index contributed by atoms with van der Waals surface area (Å²) < 4.78 is 0.988. The minimum atomic E-state index is 0.437. The van der Waals surface area contributed by atoms with Crippen molar-refractivity contribution in [1.29, 1.82) is 0 Å². The maximum atomic E-state index is 5.79. The Morgan fingerprint density at radius 3 is 2.75 bits per heavy atom. The normalized spacial score (nSPS) is 10.8. The zero-order valence-corrected chi connectivity index (χ0v) is 9.48. The second-order valence-corrected chi connectivity index (χ2v) is 4.17. The van der Waals surface area contributed by atoms with Crippen LogP contribution in [-0.4, -0.2) is 4.98 Å². The van der Waals surface area contributed by atoms with Crippen LogP contribution in [0.1, 0.15) is 31.0 Å². The van der Waals surface area contributed by atoms with Gasteiger partial charge in [-0.3, -0.25) is 4.98 Å². The van der Waals surface area contributed by atoms with Crippen LogP contribution < -0.4 is 0 Å². The summed E-state index contributed by atoms with van der Waals surface area (Å²) >= 11 is 9.15. The van der Waals surface area contributed by atoms with E-state index in [9.17, 15) is 0 Å². The van der Waals surface area contributed by atoms with Crippen molar-refractivity contribution in [2.45, 2.75) is 25.6 Å². The van der Waals surface area contributed by atoms with Gasteiger partial charge in [0.1, 0.15) is 0 Å². The number of hydrogen-bond acceptors (Lipinski definition) is 1. The average Bonchev–Trinajstić information content (AvgIpc) is 2.03. The van der Waals surface area contributed by atoms with Gasteiger partial charge in [0.2, 0.25) is 0 Å². The van der Waals surface area contributed by atoms with E-state index >= 15 is 0 Å². The van der Waals surface area contributed by atoms with E-state index in [0.717, 1.165) is 15.7 Å². The lowest BCUT2D eigenvalue weighted by molar-refractivity contribution is 0.808. The Hall–Kier alpha value is -0.0800. The van der Waals surface area contributed by atoms with E-state index in [1.165, 1.54) is 0 Å². The predicted octanol–water partition coefficient (Wildman–Crippen LogP) is 3.71. The molecule has 1 aromatic heterocycles. The highest BCUT2D eigenvalue weighted by atomic mass is 79.9. The summed E-state index contributed by atoms with van der Waals surface area (Å²) in [4.78, 5) is 4.32. The van der Waals surface area contributed by atoms with Crippen molar-refractivity contribution in [3.05, 3.63) is 28.0 Å². The van der Waals surface area contributed by atoms with Gasteiger partial charge in [0.25, 0.3) is 0 Å². The highest BCUT2D eigenvalue weighted by Crippen LogP contribution is 2.21. The number of aromatic nitrogens is 1. The average molecular weight is 249 g/mol. The molecule has 1 rings (SSSR count). The lowest BCUT2D eigenvalue weighted by Crippen LogP contribution is -1.97. The second kappa shape index (κ2) is 4.24. The molecule has 0 bridgehead atoms. The van der Waals surface area contributed by atoms with Crippen LogP contribution in [0.3, 0.4) is 0 Å². The van der Waals surface area contributed by atoms with Crippen molar-refractivity contribution < 1.29 is 0 Å². The fourth-order valence-corrected chi connectivity index (χ4v) is 1.71. The molecule has 3 heteroatoms. The molecule has 0 unspecified atom stereocenters. The third-order valence-electron chi connectivity index (χ3n) is 1.66. The molecule has 0 atom stereocenters. The van der Waals surface area contributed by atoms with E-state index < -0.39 is 0 Å². The van der Waals surface area contributed by atoms with Crippen molar-refractivity contribution in [3.63, 3.8) is 0 Å². The van der Waals surface area contributed by atoms with Gasteiger partial charge in [-0.25, -0.2) is 0 Å². The van der Waals surface area contributed by atoms with E-state index in [4.69, 9.17) is 11.6 Å². The van der Waals surface area contributed by atoms with Crippen LogP contribution in [0.15, 0.2) is 16.7 Å². The van der Waals surface area contributed by atoms with Gasteiger partial charge in [-0.05, 0) is 33.5 Å². The molecule has 0 saturated heterocycles. The first kappa shape index (κ1) is 10.0. The third-order valence-corrected chi connectivity index (χ3v) is 2.38. The van der Waals surface area contributed by atoms with E-state index in [0.29, 0.717) is 11.8 Å². The molecule has 1 nitrogen and oxygen atoms in total. The molecule has 0 fully saturated rings. The summed E-state index contributed by atoms with van der Waals surface area (Å²) in [5.74, 6) is 0.965. The number of hydrogen-bond donors (Lipinski definition) is 0. The molecule has 0 radical (unpaired) electrons. The van der Waals surface area contributed by atoms with Gasteiger partial charge >= 0.3 is 0 Å². The molecule has 0 saturated carbocycles. The highest BCUT2D eigenvalue weighted by Gasteiger charge is 2.07. The Bertz CT molecular complexity index is 273. The van der Waals surface area contributed by atoms with Crippen LogP contribution >= 0.6 is 27.5 Å². The Balaban J connectivity index is 3.11. The fraction of sp³-hybridized carbons (Fsp3) is 0.444. The quantitative estimate of drug-likeness (QED) is 0.727. The van der Waals surface area contributed by atoms with Crippen molar-refractivity contribution in [3.8, 4) is 0 Å². The maximum Gasteiger partial charge on any atom is 0.0492 e. The predicted molar refractivity (Wildman–Crippen MR) is 55.6 cm³/mol. The van der Waals surface area contributed by atoms with Crippen LogP contribution in [0.4, 0.5) is 0 Å². The summed E-state index contributed by atoms with van der Waals surface area (Å²) in [5, 5.41) is 0. The Morgan fingerprint density at radius 1 is 1.58 bits per heavy atom. The molecule has 0 N–H and O–H groups in total. The minimum Gasteiger partial charge on any atom is -0.260 e. The van der Waals surface area contributed by atoms with Gasteiger partial charge in [0.05, 0.1) is 0 Å². The summed E-state index contributed by atoms with van der Waals surface area (Å²) in [6.45, 7) is 4.23. The van der Waals surface area contributed by atoms with E-state index in [2.05, 4.69) is 34.8 Å². The number of pyridine rings is 1. The fourth-order valence-electron chi connectivity index (χ4n) is 1.12. The summed E-state index contributed by atoms with van der Waals surface area (Å²) in [5.41, 5.74) is 2.20. The maximum absolute atomic E-state index is 5.79. The molecule has 0 spiro atoms. The molecule has 0 aliphatic rings. The molecule has 12 heavy (non-hydrogen) atoms. The van der Waals surface area contributed by atoms with Crippen molar-refractivity contribution >= 4 is 27.5 Å². The first-order valence-corrected chi connectivity index (χ1v) is 5.18. The van der Waals surface area contributed by atoms with Gasteiger partial charge in [0, 0.05) is 22.2 Å². The van der Waals surface area contributed by atoms with Crippen LogP contribution in [-0.2, 0) is 5.88 Å². The number of nitrogens with zero attached hydrogens (tertiary/aromatic N) is 1. The zero-order chi connectivity index (χ0) is 9.14. The van der Waals surface area contributed by atoms with Gasteiger partial charge in [-0.2, -0.15) is 0 Å². The smallest absolute Gasteiger partial charge is 0.0492 e. The first-order valence-electron chi connectivity index (χ1n) is 3.85. The minimum absolute atomic E-state index is 0.437. The van der Waals surface area contributed by atoms with Crippen molar-refractivity contribution in [1.82, 2.24) is 4.98 Å². The molecule has 1 heterocycles. The van der Waals surface area contributed by atoms with E-state index in [-0.39, 0.29) is 0 Å². The monoisotopic (exact) mass is 247 g/mol. The molecular weight excluding hydrogens is 237 g/mol. The van der Waals surface area contributed by atoms with Gasteiger partial charge in [-0.1, -0.05) is 13.8 Å². The number of alkyl halides is 1. The van der Waals surface area contributed by atoms with Gasteiger partial charge in [0.15, 0.2) is 0 Å². The number of halogens is 2. The topological polar surface area (TPSA) is 12.9 Å². The molecule has 0 amide bonds. The van der Waals surface area contributed by atoms with Crippen molar-refractivity contribution in [2.75, 3.05) is 0 Å². The lowest BCUT2D eigenvalue weighted by atomic mass is 10.1. The molecule has 0 aromatic carbocycles. The largest absolute Gasteiger partial charge is 0.260 e. The Labute approximate surface area is 86.3 Å². The van der Waals surface area contributed by atoms with Crippen LogP contribution in [0.25, 0.3) is 0 Å². The standard InChI is InChI=1S/C9H11BrClN/c1-6(2)9-7(4-11)3-8(10)5-12-9/h3,5-6H,4H2,1-2H3. The summed E-state index contributed by atoms with van der Waals surface area (Å²) in [6.07, 6.45) is 1.81. The van der Waals surface area contributed by atoms with Crippen LogP contribution in [0.5, 0.6) is 0 Å². The zero-order valence-electron chi connectivity index (χ0n) is 7.14. The highest BCUT2D eigenvalue weighted by molar-refractivity contribution is 9.10. The van der Waals surface area contributed by atoms with Gasteiger partial charge in [-0.15, -0.1) is 11.6 Å². The molecule has 0 aliphatic heterocycles. The Kier molecular flexibility index (Phi) is 3.53. The third kappa shape index (κ3) is 2.20. The Morgan fingerprint density at radius 2 is 2.25 bits per heavy atom. The SMILES string of the molecule is CC(C)c1ncc(Br)cc1CCl. The van der Waals surface area contributed by atoms with E-state index in [1.54, 1.807) is 0 Å². The summed E-state index contributed by atoms with van der Waals surface area (Å²) in [7, 11) is 0. The lowest BCUT2D eigenvalue weighted by Gasteiger charge is -2.09. The second-order valence-electron chi connectivity index (χ2n) is 2.99. The summed E-state index contributed by atoms with van der Waals surface area (Å²) in [6, 6.07) is 2.02. The molecule has 0 aliphatic carbocycles. The molecular formula is C9H11BrClN. The molecule has 66 valence electrons. The van der Waals surface area contributed by atoms with Crippen LogP contribution in [0, 0.1) is 0 Å². The van der Waals surface area contributed by atoms with E-state index in [1.807, 2.05) is 12.3 Å². The number of rotatable bonds is 2. The van der Waals surface area contributed by atoms with Crippen molar-refractivity contribution in [2.24, 2.45) is 0 Å². The van der Waals surface area contributed by atoms with Gasteiger partial charge < -0.3 is 0 Å². The first-order chi connectivity index (χ1) is 5.65. The van der Waals surface area contributed by atoms with Crippen LogP contribution in [0.2, 0.25) is 0 Å². The molecule has 1 aromatic rings.